The number of fused-ring (bicyclic) bond motifs is 2. The van der Waals surface area contributed by atoms with Crippen molar-refractivity contribution < 1.29 is 14.1 Å². The molecule has 0 spiro atoms. The number of nitrogens with one attached hydrogen (secondary N) is 1. The minimum Gasteiger partial charge on any atom is -0.481 e. The van der Waals surface area contributed by atoms with E-state index in [2.05, 4.69) is 11.4 Å². The lowest BCUT2D eigenvalue weighted by Crippen LogP contribution is -2.24. The summed E-state index contributed by atoms with van der Waals surface area (Å²) < 4.78 is 14.8. The predicted octanol–water partition coefficient (Wildman–Crippen LogP) is 3.87. The van der Waals surface area contributed by atoms with Crippen LogP contribution in [0.4, 0.5) is 5.69 Å². The van der Waals surface area contributed by atoms with E-state index in [1.54, 1.807) is 0 Å². The summed E-state index contributed by atoms with van der Waals surface area (Å²) in [6.07, 6.45) is 3.89. The zero-order valence-corrected chi connectivity index (χ0v) is 16.4. The normalized spacial score (nSPS) is 18.5. The number of hydrogen-bond acceptors (Lipinski definition) is 3. The summed E-state index contributed by atoms with van der Waals surface area (Å²) in [6.45, 7) is 0.830. The second-order valence-electron chi connectivity index (χ2n) is 6.79. The van der Waals surface area contributed by atoms with Gasteiger partial charge in [-0.05, 0) is 42.6 Å². The molecule has 0 radical (unpaired) electrons. The molecule has 0 aromatic heterocycles. The number of hydrogen-bond donors (Lipinski definition) is 2. The molecule has 2 aromatic rings. The third kappa shape index (κ3) is 4.57. The summed E-state index contributed by atoms with van der Waals surface area (Å²) in [7, 11) is 0.634. The summed E-state index contributed by atoms with van der Waals surface area (Å²) >= 11 is 0. The lowest BCUT2D eigenvalue weighted by Gasteiger charge is -2.22. The van der Waals surface area contributed by atoms with Gasteiger partial charge in [-0.25, -0.2) is 4.21 Å². The molecule has 5 nitrogen and oxygen atoms in total. The molecule has 2 atom stereocenters. The largest absolute Gasteiger partial charge is 0.481 e. The van der Waals surface area contributed by atoms with Crippen molar-refractivity contribution >= 4 is 22.6 Å². The fraction of sp³-hybridized carbons (Fsp3) is 0.381. The van der Waals surface area contributed by atoms with Crippen molar-refractivity contribution in [1.82, 2.24) is 5.32 Å². The molecule has 1 aliphatic heterocycles. The predicted molar refractivity (Wildman–Crippen MR) is 108 cm³/mol. The molecule has 2 aromatic carbocycles. The van der Waals surface area contributed by atoms with Gasteiger partial charge in [-0.1, -0.05) is 49.2 Å². The molecule has 0 bridgehead atoms. The molecule has 0 amide bonds. The molecule has 0 fully saturated rings. The topological polar surface area (TPSA) is 69.6 Å². The molecular weight excluding hydrogens is 360 g/mol. The van der Waals surface area contributed by atoms with Gasteiger partial charge in [0.2, 0.25) is 0 Å². The smallest absolute Gasteiger partial charge is 0.303 e. The first-order valence-corrected chi connectivity index (χ1v) is 10.5. The van der Waals surface area contributed by atoms with E-state index in [0.717, 1.165) is 53.9 Å². The average molecular weight is 387 g/mol. The van der Waals surface area contributed by atoms with E-state index in [1.165, 1.54) is 0 Å². The van der Waals surface area contributed by atoms with Crippen molar-refractivity contribution in [3.63, 3.8) is 0 Å². The third-order valence-corrected chi connectivity index (χ3v) is 6.36. The molecule has 27 heavy (non-hydrogen) atoms. The highest BCUT2D eigenvalue weighted by atomic mass is 32.2. The second kappa shape index (κ2) is 9.15. The average Bonchev–Trinajstić information content (AvgIpc) is 2.76. The number of para-hydroxylation sites is 1. The van der Waals surface area contributed by atoms with Crippen molar-refractivity contribution in [3.05, 3.63) is 59.7 Å². The summed E-state index contributed by atoms with van der Waals surface area (Å²) in [5.74, 6) is -0.725. The van der Waals surface area contributed by atoms with Gasteiger partial charge in [-0.15, -0.1) is 0 Å². The SMILES string of the molecule is CN1c2ccccc2C(NCCCCCCC(=O)O)c2ccccc2S1=O. The lowest BCUT2D eigenvalue weighted by atomic mass is 9.96. The number of carboxylic acid groups (broad SMARTS) is 1. The van der Waals surface area contributed by atoms with Crippen LogP contribution < -0.4 is 9.62 Å². The Hall–Kier alpha value is -2.18. The van der Waals surface area contributed by atoms with E-state index in [-0.39, 0.29) is 12.5 Å². The van der Waals surface area contributed by atoms with E-state index in [0.29, 0.717) is 0 Å². The molecule has 2 N–H and O–H groups in total. The van der Waals surface area contributed by atoms with Crippen LogP contribution >= 0.6 is 0 Å². The van der Waals surface area contributed by atoms with Crippen LogP contribution in [0.2, 0.25) is 0 Å². The maximum atomic E-state index is 13.0. The highest BCUT2D eigenvalue weighted by molar-refractivity contribution is 7.86. The van der Waals surface area contributed by atoms with Crippen molar-refractivity contribution in [3.8, 4) is 0 Å². The zero-order valence-electron chi connectivity index (χ0n) is 15.6. The number of nitrogens with zero attached hydrogens (tertiary/aromatic N) is 1. The molecule has 0 aliphatic carbocycles. The van der Waals surface area contributed by atoms with Crippen LogP contribution in [0.25, 0.3) is 0 Å². The number of anilines is 1. The van der Waals surface area contributed by atoms with Gasteiger partial charge < -0.3 is 10.4 Å². The van der Waals surface area contributed by atoms with Gasteiger partial charge in [0.1, 0.15) is 0 Å². The van der Waals surface area contributed by atoms with Crippen molar-refractivity contribution in [2.45, 2.75) is 43.0 Å². The first-order valence-electron chi connectivity index (χ1n) is 9.38. The van der Waals surface area contributed by atoms with E-state index in [1.807, 2.05) is 53.8 Å². The van der Waals surface area contributed by atoms with E-state index < -0.39 is 17.0 Å². The first kappa shape index (κ1) is 19.6. The summed E-state index contributed by atoms with van der Waals surface area (Å²) in [4.78, 5) is 11.4. The van der Waals surface area contributed by atoms with Crippen LogP contribution in [0.15, 0.2) is 53.4 Å². The minimum atomic E-state index is -1.24. The van der Waals surface area contributed by atoms with Crippen molar-refractivity contribution in [2.24, 2.45) is 0 Å². The Bertz CT molecular complexity index is 825. The van der Waals surface area contributed by atoms with Gasteiger partial charge in [-0.3, -0.25) is 9.10 Å². The summed E-state index contributed by atoms with van der Waals surface area (Å²) in [6, 6.07) is 16.0. The van der Waals surface area contributed by atoms with Gasteiger partial charge >= 0.3 is 5.97 Å². The molecule has 0 saturated heterocycles. The van der Waals surface area contributed by atoms with Crippen molar-refractivity contribution in [1.29, 1.82) is 0 Å². The molecule has 2 unspecified atom stereocenters. The van der Waals surface area contributed by atoms with E-state index in [9.17, 15) is 9.00 Å². The molecule has 1 heterocycles. The Morgan fingerprint density at radius 2 is 1.70 bits per heavy atom. The second-order valence-corrected chi connectivity index (χ2v) is 8.27. The molecular formula is C21H26N2O3S. The van der Waals surface area contributed by atoms with E-state index in [4.69, 9.17) is 5.11 Å². The van der Waals surface area contributed by atoms with Crippen LogP contribution in [0.1, 0.15) is 49.3 Å². The number of aliphatic carboxylic acids is 1. The molecule has 6 heteroatoms. The van der Waals surface area contributed by atoms with Gasteiger partial charge in [0.25, 0.3) is 0 Å². The number of unbranched alkanes of at least 4 members (excludes halogenated alkanes) is 3. The maximum Gasteiger partial charge on any atom is 0.303 e. The van der Waals surface area contributed by atoms with Gasteiger partial charge in [0, 0.05) is 13.5 Å². The molecule has 0 saturated carbocycles. The highest BCUT2D eigenvalue weighted by Crippen LogP contribution is 2.38. The summed E-state index contributed by atoms with van der Waals surface area (Å²) in [5.41, 5.74) is 3.16. The number of benzene rings is 2. The fourth-order valence-electron chi connectivity index (χ4n) is 3.52. The van der Waals surface area contributed by atoms with E-state index >= 15 is 0 Å². The number of rotatable bonds is 8. The Balaban J connectivity index is 1.74. The van der Waals surface area contributed by atoms with Crippen LogP contribution in [0.5, 0.6) is 0 Å². The maximum absolute atomic E-state index is 13.0. The van der Waals surface area contributed by atoms with Gasteiger partial charge in [0.15, 0.2) is 11.0 Å². The minimum absolute atomic E-state index is 0.00896. The van der Waals surface area contributed by atoms with Crippen LogP contribution in [0, 0.1) is 0 Å². The monoisotopic (exact) mass is 386 g/mol. The quantitative estimate of drug-likeness (QED) is 0.676. The Morgan fingerprint density at radius 3 is 2.48 bits per heavy atom. The van der Waals surface area contributed by atoms with Gasteiger partial charge in [0.05, 0.1) is 16.6 Å². The van der Waals surface area contributed by atoms with Crippen LogP contribution in [-0.4, -0.2) is 28.9 Å². The zero-order chi connectivity index (χ0) is 19.2. The van der Waals surface area contributed by atoms with Crippen LogP contribution in [-0.2, 0) is 15.8 Å². The van der Waals surface area contributed by atoms with Crippen molar-refractivity contribution in [2.75, 3.05) is 17.9 Å². The Labute approximate surface area is 163 Å². The first-order chi connectivity index (χ1) is 13.1. The van der Waals surface area contributed by atoms with Crippen LogP contribution in [0.3, 0.4) is 0 Å². The Morgan fingerprint density at radius 1 is 1.04 bits per heavy atom. The molecule has 144 valence electrons. The van der Waals surface area contributed by atoms with Gasteiger partial charge in [-0.2, -0.15) is 0 Å². The number of carboxylic acids is 1. The lowest BCUT2D eigenvalue weighted by molar-refractivity contribution is -0.137. The summed E-state index contributed by atoms with van der Waals surface area (Å²) in [5, 5.41) is 12.3. The molecule has 1 aliphatic rings. The number of carbonyl (C=O) groups is 1. The fourth-order valence-corrected chi connectivity index (χ4v) is 4.74. The third-order valence-electron chi connectivity index (χ3n) is 4.92. The standard InChI is InChI=1S/C21H26N2O3S/c1-23-18-12-7-5-10-16(18)21(17-11-6-8-13-19(17)27(23)26)22-15-9-3-2-4-14-20(24)25/h5-8,10-13,21-22H,2-4,9,14-15H2,1H3,(H,24,25). The highest BCUT2D eigenvalue weighted by Gasteiger charge is 2.29. The Kier molecular flexibility index (Phi) is 6.63. The molecule has 3 rings (SSSR count).